The Bertz CT molecular complexity index is 1220. The number of nitrogens with zero attached hydrogens (tertiary/aromatic N) is 3. The first-order chi connectivity index (χ1) is 13.4. The lowest BCUT2D eigenvalue weighted by molar-refractivity contribution is 0.632. The largest absolute Gasteiger partial charge is 0.328 e. The molecule has 0 saturated heterocycles. The third-order valence-corrected chi connectivity index (χ3v) is 7.38. The van der Waals surface area contributed by atoms with E-state index in [0.29, 0.717) is 26.4 Å². The lowest BCUT2D eigenvalue weighted by atomic mass is 10.2. The van der Waals surface area contributed by atoms with Crippen LogP contribution in [-0.2, 0) is 0 Å². The van der Waals surface area contributed by atoms with Gasteiger partial charge in [0, 0.05) is 4.88 Å². The number of aryl methyl sites for hydroxylation is 2. The van der Waals surface area contributed by atoms with Gasteiger partial charge in [-0.05, 0) is 38.5 Å². The number of fused-ring (bicyclic) bond motifs is 1. The number of thioether (sulfide) groups is 1. The molecule has 0 aliphatic carbocycles. The topological polar surface area (TPSA) is 83.6 Å². The van der Waals surface area contributed by atoms with E-state index in [0.717, 1.165) is 15.3 Å². The van der Waals surface area contributed by atoms with E-state index in [1.807, 2.05) is 20.8 Å². The van der Waals surface area contributed by atoms with Crippen molar-refractivity contribution in [2.75, 3.05) is 5.32 Å². The Balaban J connectivity index is 1.54. The maximum Gasteiger partial charge on any atom is 0.259 e. The van der Waals surface area contributed by atoms with Crippen LogP contribution in [0.15, 0.2) is 33.4 Å². The van der Waals surface area contributed by atoms with Gasteiger partial charge in [-0.2, -0.15) is 0 Å². The molecule has 0 radical (unpaired) electrons. The number of hydrogen-bond donors (Lipinski definition) is 2. The van der Waals surface area contributed by atoms with Gasteiger partial charge in [0.1, 0.15) is 16.5 Å². The van der Waals surface area contributed by atoms with Crippen LogP contribution in [0.3, 0.4) is 0 Å². The summed E-state index contributed by atoms with van der Waals surface area (Å²) >= 11 is 4.29. The van der Waals surface area contributed by atoms with Crippen molar-refractivity contribution < 1.29 is 4.39 Å². The van der Waals surface area contributed by atoms with Crippen molar-refractivity contribution in [3.63, 3.8) is 0 Å². The summed E-state index contributed by atoms with van der Waals surface area (Å²) in [4.78, 5) is 21.8. The van der Waals surface area contributed by atoms with Gasteiger partial charge in [0.25, 0.3) is 5.56 Å². The van der Waals surface area contributed by atoms with Crippen molar-refractivity contribution in [2.24, 2.45) is 0 Å². The number of thiophene rings is 1. The minimum Gasteiger partial charge on any atom is -0.328 e. The molecule has 0 aliphatic heterocycles. The molecule has 0 fully saturated rings. The van der Waals surface area contributed by atoms with E-state index < -0.39 is 0 Å². The highest BCUT2D eigenvalue weighted by Gasteiger charge is 2.18. The smallest absolute Gasteiger partial charge is 0.259 e. The average molecular weight is 434 g/mol. The van der Waals surface area contributed by atoms with Crippen LogP contribution in [0.25, 0.3) is 10.2 Å². The minimum absolute atomic E-state index is 0.117. The zero-order valence-corrected chi connectivity index (χ0v) is 17.7. The maximum absolute atomic E-state index is 13.8. The quantitative estimate of drug-likeness (QED) is 0.422. The molecule has 144 valence electrons. The summed E-state index contributed by atoms with van der Waals surface area (Å²) < 4.78 is 14.5. The van der Waals surface area contributed by atoms with E-state index in [-0.39, 0.29) is 16.6 Å². The number of benzene rings is 1. The fourth-order valence-corrected chi connectivity index (χ4v) is 5.66. The van der Waals surface area contributed by atoms with Gasteiger partial charge in [-0.1, -0.05) is 35.2 Å². The Hall–Kier alpha value is -2.30. The zero-order valence-electron chi connectivity index (χ0n) is 15.2. The molecule has 3 aromatic heterocycles. The van der Waals surface area contributed by atoms with E-state index in [1.165, 1.54) is 40.5 Å². The second-order valence-corrected chi connectivity index (χ2v) is 9.92. The first-order valence-corrected chi connectivity index (χ1v) is 10.9. The average Bonchev–Trinajstić information content (AvgIpc) is 3.21. The number of halogens is 1. The molecule has 2 N–H and O–H groups in total. The molecule has 0 aliphatic rings. The molecule has 1 unspecified atom stereocenters. The van der Waals surface area contributed by atoms with Crippen molar-refractivity contribution in [3.8, 4) is 0 Å². The van der Waals surface area contributed by atoms with E-state index in [9.17, 15) is 9.18 Å². The van der Waals surface area contributed by atoms with Crippen LogP contribution in [0.5, 0.6) is 0 Å². The molecule has 28 heavy (non-hydrogen) atoms. The van der Waals surface area contributed by atoms with Crippen molar-refractivity contribution in [3.05, 3.63) is 56.7 Å². The second kappa shape index (κ2) is 7.61. The maximum atomic E-state index is 13.8. The number of para-hydroxylation sites is 1. The van der Waals surface area contributed by atoms with Crippen molar-refractivity contribution in [1.29, 1.82) is 0 Å². The van der Waals surface area contributed by atoms with Gasteiger partial charge in [0.05, 0.1) is 16.3 Å². The van der Waals surface area contributed by atoms with Crippen LogP contribution in [0.1, 0.15) is 28.4 Å². The summed E-state index contributed by atoms with van der Waals surface area (Å²) in [6.07, 6.45) is 0. The standard InChI is InChI=1S/C18H16FN5OS3/c1-8-9(2)26-16-13(8)15(25)21-14(22-16)10(3)27-18-24-23-17(28-18)20-12-7-5-4-6-11(12)19/h4-7,10H,1-3H3,(H,20,23)(H,21,22,25). The summed E-state index contributed by atoms with van der Waals surface area (Å²) in [5, 5.41) is 12.2. The third-order valence-electron chi connectivity index (χ3n) is 4.24. The molecule has 4 rings (SSSR count). The van der Waals surface area contributed by atoms with Gasteiger partial charge in [0.2, 0.25) is 5.13 Å². The van der Waals surface area contributed by atoms with E-state index >= 15 is 0 Å². The highest BCUT2D eigenvalue weighted by molar-refractivity contribution is 8.01. The lowest BCUT2D eigenvalue weighted by Crippen LogP contribution is -2.12. The summed E-state index contributed by atoms with van der Waals surface area (Å²) in [6, 6.07) is 6.40. The number of anilines is 2. The number of nitrogens with one attached hydrogen (secondary N) is 2. The minimum atomic E-state index is -0.350. The molecule has 10 heteroatoms. The van der Waals surface area contributed by atoms with E-state index in [2.05, 4.69) is 25.5 Å². The van der Waals surface area contributed by atoms with Gasteiger partial charge >= 0.3 is 0 Å². The van der Waals surface area contributed by atoms with Crippen LogP contribution < -0.4 is 10.9 Å². The van der Waals surface area contributed by atoms with Gasteiger partial charge in [-0.3, -0.25) is 4.79 Å². The van der Waals surface area contributed by atoms with Crippen LogP contribution in [-0.4, -0.2) is 20.2 Å². The Kier molecular flexibility index (Phi) is 5.17. The van der Waals surface area contributed by atoms with E-state index in [4.69, 9.17) is 0 Å². The molecule has 1 aromatic carbocycles. The van der Waals surface area contributed by atoms with Gasteiger partial charge < -0.3 is 10.3 Å². The van der Waals surface area contributed by atoms with Gasteiger partial charge in [-0.15, -0.1) is 21.5 Å². The summed E-state index contributed by atoms with van der Waals surface area (Å²) in [6.45, 7) is 5.88. The molecule has 6 nitrogen and oxygen atoms in total. The van der Waals surface area contributed by atoms with Crippen molar-refractivity contribution >= 4 is 55.5 Å². The molecule has 0 amide bonds. The first kappa shape index (κ1) is 19.0. The second-order valence-electron chi connectivity index (χ2n) is 6.15. The molecular formula is C18H16FN5OS3. The molecule has 0 bridgehead atoms. The van der Waals surface area contributed by atoms with Crippen molar-refractivity contribution in [2.45, 2.75) is 30.4 Å². The molecule has 0 saturated carbocycles. The normalized spacial score (nSPS) is 12.4. The summed E-state index contributed by atoms with van der Waals surface area (Å²) in [5.41, 5.74) is 1.21. The van der Waals surface area contributed by atoms with Crippen LogP contribution >= 0.6 is 34.4 Å². The highest BCUT2D eigenvalue weighted by atomic mass is 32.2. The SMILES string of the molecule is Cc1sc2nc(C(C)Sc3nnc(Nc4ccccc4F)s3)[nH]c(=O)c2c1C. The summed E-state index contributed by atoms with van der Waals surface area (Å²) in [7, 11) is 0. The van der Waals surface area contributed by atoms with Gasteiger partial charge in [-0.25, -0.2) is 9.37 Å². The zero-order chi connectivity index (χ0) is 19.8. The van der Waals surface area contributed by atoms with Crippen LogP contribution in [0, 0.1) is 19.7 Å². The predicted molar refractivity (Wildman–Crippen MR) is 114 cm³/mol. The number of aromatic amines is 1. The van der Waals surface area contributed by atoms with Crippen LogP contribution in [0.4, 0.5) is 15.2 Å². The Morgan fingerprint density at radius 3 is 2.79 bits per heavy atom. The Morgan fingerprint density at radius 2 is 2.00 bits per heavy atom. The van der Waals surface area contributed by atoms with Crippen molar-refractivity contribution in [1.82, 2.24) is 20.2 Å². The Morgan fingerprint density at radius 1 is 1.21 bits per heavy atom. The fraction of sp³-hybridized carbons (Fsp3) is 0.222. The lowest BCUT2D eigenvalue weighted by Gasteiger charge is -2.08. The van der Waals surface area contributed by atoms with Gasteiger partial charge in [0.15, 0.2) is 4.34 Å². The van der Waals surface area contributed by atoms with E-state index in [1.54, 1.807) is 18.2 Å². The Labute approximate surface area is 172 Å². The third kappa shape index (κ3) is 3.67. The molecular weight excluding hydrogens is 417 g/mol. The predicted octanol–water partition coefficient (Wildman–Crippen LogP) is 5.19. The molecule has 3 heterocycles. The number of H-pyrrole nitrogens is 1. The monoisotopic (exact) mass is 433 g/mol. The summed E-state index contributed by atoms with van der Waals surface area (Å²) in [5.74, 6) is 0.249. The number of rotatable bonds is 5. The number of aromatic nitrogens is 4. The molecule has 1 atom stereocenters. The van der Waals surface area contributed by atoms with Crippen LogP contribution in [0.2, 0.25) is 0 Å². The molecule has 4 aromatic rings. The number of hydrogen-bond acceptors (Lipinski definition) is 8. The molecule has 0 spiro atoms. The fourth-order valence-electron chi connectivity index (χ4n) is 2.66. The first-order valence-electron chi connectivity index (χ1n) is 8.44. The highest BCUT2D eigenvalue weighted by Crippen LogP contribution is 2.37.